The largest absolute Gasteiger partial charge is 0.504 e. The van der Waals surface area contributed by atoms with E-state index in [1.54, 1.807) is 12.1 Å². The second kappa shape index (κ2) is 9.88. The molecule has 4 nitrogen and oxygen atoms in total. The maximum atomic E-state index is 13.0. The van der Waals surface area contributed by atoms with Gasteiger partial charge in [-0.1, -0.05) is 73.1 Å². The van der Waals surface area contributed by atoms with Crippen LogP contribution in [0.5, 0.6) is 11.5 Å². The molecule has 0 unspecified atom stereocenters. The maximum Gasteiger partial charge on any atom is 0.331 e. The van der Waals surface area contributed by atoms with Crippen molar-refractivity contribution in [3.63, 3.8) is 0 Å². The van der Waals surface area contributed by atoms with E-state index in [0.29, 0.717) is 33.6 Å². The van der Waals surface area contributed by atoms with Crippen LogP contribution in [0.3, 0.4) is 0 Å². The molecule has 0 bridgehead atoms. The molecule has 0 radical (unpaired) electrons. The van der Waals surface area contributed by atoms with Crippen molar-refractivity contribution in [1.82, 2.24) is 0 Å². The van der Waals surface area contributed by atoms with Crippen LogP contribution in [-0.2, 0) is 9.53 Å². The third kappa shape index (κ3) is 4.62. The number of hydrogen-bond acceptors (Lipinski definition) is 4. The number of hydrogen-bond donors (Lipinski definition) is 2. The van der Waals surface area contributed by atoms with Gasteiger partial charge in [-0.15, -0.1) is 0 Å². The zero-order valence-corrected chi connectivity index (χ0v) is 28.1. The van der Waals surface area contributed by atoms with Crippen molar-refractivity contribution in [2.24, 2.45) is 50.2 Å². The predicted octanol–water partition coefficient (Wildman–Crippen LogP) is 9.84. The number of ether oxygens (including phenoxy) is 1. The van der Waals surface area contributed by atoms with E-state index in [0.717, 1.165) is 18.8 Å². The highest BCUT2D eigenvalue weighted by molar-refractivity contribution is 5.87. The number of aromatic hydroxyl groups is 2. The van der Waals surface area contributed by atoms with E-state index in [9.17, 15) is 15.0 Å². The standard InChI is InChI=1S/C39H56O4/c1-34(2)19-20-36(5)21-22-38(7)26(27(36)24-34)11-13-31-37(6)17-16-32(35(3,4)30(37)15-18-39(31,38)8)43-33(42)14-10-25-9-12-28(40)29(41)23-25/h9-12,14,23,27,30-32,40-41H,13,15-22,24H2,1-8H3/t27-,30-,31+,32-,36+,37-,38+,39+/m0/s1. The lowest BCUT2D eigenvalue weighted by Gasteiger charge is -2.71. The van der Waals surface area contributed by atoms with Gasteiger partial charge in [0.25, 0.3) is 0 Å². The highest BCUT2D eigenvalue weighted by atomic mass is 16.5. The van der Waals surface area contributed by atoms with E-state index in [1.165, 1.54) is 69.6 Å². The summed E-state index contributed by atoms with van der Waals surface area (Å²) < 4.78 is 6.18. The molecular formula is C39H56O4. The van der Waals surface area contributed by atoms with Crippen LogP contribution in [0.25, 0.3) is 6.08 Å². The molecule has 0 aromatic heterocycles. The minimum atomic E-state index is -0.340. The number of phenols is 2. The first-order chi connectivity index (χ1) is 20.0. The summed E-state index contributed by atoms with van der Waals surface area (Å²) in [6.07, 6.45) is 18.2. The fraction of sp³-hybridized carbons (Fsp3) is 0.718. The molecule has 1 aromatic carbocycles. The second-order valence-electron chi connectivity index (χ2n) is 17.7. The van der Waals surface area contributed by atoms with Crippen molar-refractivity contribution in [2.75, 3.05) is 0 Å². The number of esters is 1. The Kier molecular flexibility index (Phi) is 7.08. The Morgan fingerprint density at radius 3 is 2.30 bits per heavy atom. The number of allylic oxidation sites excluding steroid dienone is 2. The van der Waals surface area contributed by atoms with Crippen molar-refractivity contribution < 1.29 is 19.7 Å². The molecule has 2 N–H and O–H groups in total. The van der Waals surface area contributed by atoms with Crippen molar-refractivity contribution >= 4 is 12.0 Å². The van der Waals surface area contributed by atoms with Gasteiger partial charge >= 0.3 is 5.97 Å². The Hall–Kier alpha value is -2.23. The Balaban J connectivity index is 1.23. The highest BCUT2D eigenvalue weighted by Crippen LogP contribution is 2.75. The van der Waals surface area contributed by atoms with E-state index >= 15 is 0 Å². The van der Waals surface area contributed by atoms with Crippen LogP contribution in [0.4, 0.5) is 0 Å². The summed E-state index contributed by atoms with van der Waals surface area (Å²) in [6.45, 7) is 20.2. The van der Waals surface area contributed by atoms with Crippen LogP contribution >= 0.6 is 0 Å². The zero-order valence-electron chi connectivity index (χ0n) is 28.1. The number of carbonyl (C=O) groups excluding carboxylic acids is 1. The Bertz CT molecular complexity index is 1350. The van der Waals surface area contributed by atoms with Gasteiger partial charge in [0.2, 0.25) is 0 Å². The summed E-state index contributed by atoms with van der Waals surface area (Å²) >= 11 is 0. The third-order valence-electron chi connectivity index (χ3n) is 14.7. The summed E-state index contributed by atoms with van der Waals surface area (Å²) in [4.78, 5) is 13.0. The Morgan fingerprint density at radius 2 is 1.58 bits per heavy atom. The SMILES string of the molecule is CC1(C)CC[C@]2(C)CC[C@]3(C)C(=CC[C@@H]4[C@@]5(C)CC[C@H](OC(=O)C=Cc6ccc(O)c(O)c6)C(C)(C)[C@@H]5CC[C@]43C)[C@@H]2C1. The number of carbonyl (C=O) groups is 1. The minimum Gasteiger partial charge on any atom is -0.504 e. The van der Waals surface area contributed by atoms with E-state index in [4.69, 9.17) is 4.74 Å². The Labute approximate surface area is 260 Å². The lowest BCUT2D eigenvalue weighted by molar-refractivity contribution is -0.210. The van der Waals surface area contributed by atoms with Gasteiger partial charge in [-0.2, -0.15) is 0 Å². The van der Waals surface area contributed by atoms with Crippen LogP contribution < -0.4 is 0 Å². The van der Waals surface area contributed by atoms with Gasteiger partial charge in [0.1, 0.15) is 6.10 Å². The molecule has 236 valence electrons. The molecule has 0 amide bonds. The normalized spacial score (nSPS) is 43.0. The third-order valence-corrected chi connectivity index (χ3v) is 14.7. The van der Waals surface area contributed by atoms with Gasteiger partial charge in [-0.25, -0.2) is 4.79 Å². The van der Waals surface area contributed by atoms with Crippen molar-refractivity contribution in [2.45, 2.75) is 126 Å². The minimum absolute atomic E-state index is 0.113. The molecule has 4 heteroatoms. The van der Waals surface area contributed by atoms with Crippen LogP contribution in [0.1, 0.15) is 125 Å². The number of phenolic OH excluding ortho intramolecular Hbond substituents is 2. The van der Waals surface area contributed by atoms with Crippen LogP contribution in [0.2, 0.25) is 0 Å². The first-order valence-electron chi connectivity index (χ1n) is 17.1. The van der Waals surface area contributed by atoms with Crippen molar-refractivity contribution in [1.29, 1.82) is 0 Å². The molecule has 5 aliphatic carbocycles. The molecule has 4 fully saturated rings. The summed E-state index contributed by atoms with van der Waals surface area (Å²) in [5, 5.41) is 19.4. The molecule has 6 rings (SSSR count). The lowest BCUT2D eigenvalue weighted by atomic mass is 9.33. The molecule has 4 saturated carbocycles. The fourth-order valence-electron chi connectivity index (χ4n) is 11.7. The van der Waals surface area contributed by atoms with Gasteiger partial charge in [-0.3, -0.25) is 0 Å². The fourth-order valence-corrected chi connectivity index (χ4v) is 11.7. The second-order valence-corrected chi connectivity index (χ2v) is 17.7. The Morgan fingerprint density at radius 1 is 0.860 bits per heavy atom. The molecule has 1 aromatic rings. The van der Waals surface area contributed by atoms with E-state index in [2.05, 4.69) is 61.5 Å². The van der Waals surface area contributed by atoms with Crippen LogP contribution in [0.15, 0.2) is 35.9 Å². The van der Waals surface area contributed by atoms with Crippen molar-refractivity contribution in [3.8, 4) is 11.5 Å². The number of fused-ring (bicyclic) bond motifs is 7. The van der Waals surface area contributed by atoms with Gasteiger partial charge in [0.05, 0.1) is 0 Å². The van der Waals surface area contributed by atoms with Gasteiger partial charge in [0, 0.05) is 11.5 Å². The van der Waals surface area contributed by atoms with Gasteiger partial charge < -0.3 is 14.9 Å². The summed E-state index contributed by atoms with van der Waals surface area (Å²) in [5.41, 5.74) is 4.04. The number of benzene rings is 1. The molecule has 0 aliphatic heterocycles. The monoisotopic (exact) mass is 588 g/mol. The summed E-state index contributed by atoms with van der Waals surface area (Å²) in [7, 11) is 0. The molecule has 0 spiro atoms. The van der Waals surface area contributed by atoms with Crippen molar-refractivity contribution in [3.05, 3.63) is 41.5 Å². The first-order valence-corrected chi connectivity index (χ1v) is 17.1. The molecule has 8 atom stereocenters. The molecule has 0 heterocycles. The van der Waals surface area contributed by atoms with E-state index < -0.39 is 0 Å². The summed E-state index contributed by atoms with van der Waals surface area (Å²) in [5.74, 6) is 1.16. The average Bonchev–Trinajstić information content (AvgIpc) is 2.92. The number of rotatable bonds is 3. The first kappa shape index (κ1) is 30.8. The zero-order chi connectivity index (χ0) is 31.2. The molecular weight excluding hydrogens is 532 g/mol. The summed E-state index contributed by atoms with van der Waals surface area (Å²) in [6, 6.07) is 4.54. The lowest BCUT2D eigenvalue weighted by Crippen LogP contribution is -2.64. The topological polar surface area (TPSA) is 66.8 Å². The van der Waals surface area contributed by atoms with Crippen LogP contribution in [-0.4, -0.2) is 22.3 Å². The quantitative estimate of drug-likeness (QED) is 0.160. The maximum absolute atomic E-state index is 13.0. The predicted molar refractivity (Wildman–Crippen MR) is 173 cm³/mol. The smallest absolute Gasteiger partial charge is 0.331 e. The highest BCUT2D eigenvalue weighted by Gasteiger charge is 2.68. The van der Waals surface area contributed by atoms with Gasteiger partial charge in [-0.05, 0) is 133 Å². The van der Waals surface area contributed by atoms with E-state index in [-0.39, 0.29) is 39.8 Å². The molecule has 0 saturated heterocycles. The van der Waals surface area contributed by atoms with Gasteiger partial charge in [0.15, 0.2) is 11.5 Å². The molecule has 43 heavy (non-hydrogen) atoms. The van der Waals surface area contributed by atoms with E-state index in [1.807, 2.05) is 5.57 Å². The average molecular weight is 589 g/mol. The van der Waals surface area contributed by atoms with Crippen LogP contribution in [0, 0.1) is 50.2 Å². The molecule has 5 aliphatic rings.